The maximum absolute atomic E-state index is 4.14. The van der Waals surface area contributed by atoms with Crippen molar-refractivity contribution < 1.29 is 0 Å². The summed E-state index contributed by atoms with van der Waals surface area (Å²) < 4.78 is 0. The van der Waals surface area contributed by atoms with Gasteiger partial charge in [-0.25, -0.2) is 0 Å². The molecular formula is C26H22. The lowest BCUT2D eigenvalue weighted by Gasteiger charge is -2.34. The quantitative estimate of drug-likeness (QED) is 0.471. The molecule has 1 aliphatic rings. The molecule has 0 heterocycles. The lowest BCUT2D eigenvalue weighted by atomic mass is 9.67. The number of hydrogen-bond donors (Lipinski definition) is 0. The van der Waals surface area contributed by atoms with Crippen LogP contribution >= 0.6 is 0 Å². The van der Waals surface area contributed by atoms with Crippen molar-refractivity contribution in [2.24, 2.45) is 0 Å². The summed E-state index contributed by atoms with van der Waals surface area (Å²) >= 11 is 0. The first-order chi connectivity index (χ1) is 12.7. The van der Waals surface area contributed by atoms with Crippen LogP contribution in [-0.4, -0.2) is 0 Å². The summed E-state index contributed by atoms with van der Waals surface area (Å²) in [6.45, 7) is 10.2. The summed E-state index contributed by atoms with van der Waals surface area (Å²) in [7, 11) is 0. The van der Waals surface area contributed by atoms with Crippen molar-refractivity contribution in [3.05, 3.63) is 132 Å². The van der Waals surface area contributed by atoms with Crippen LogP contribution in [0.25, 0.3) is 11.1 Å². The van der Waals surface area contributed by atoms with E-state index in [1.54, 1.807) is 0 Å². The molecule has 0 radical (unpaired) electrons. The van der Waals surface area contributed by atoms with Crippen LogP contribution in [0.4, 0.5) is 0 Å². The Bertz CT molecular complexity index is 970. The number of aryl methyl sites for hydroxylation is 1. The summed E-state index contributed by atoms with van der Waals surface area (Å²) in [6, 6.07) is 26.3. The second kappa shape index (κ2) is 6.31. The second-order valence-corrected chi connectivity index (χ2v) is 6.77. The molecule has 4 rings (SSSR count). The van der Waals surface area contributed by atoms with E-state index in [0.717, 1.165) is 5.57 Å². The van der Waals surface area contributed by atoms with Gasteiger partial charge in [-0.2, -0.15) is 0 Å². The molecule has 0 aromatic heterocycles. The first-order valence-corrected chi connectivity index (χ1v) is 8.95. The third-order valence-corrected chi connectivity index (χ3v) is 5.39. The molecule has 0 unspecified atom stereocenters. The number of fused-ring (bicyclic) bond motifs is 3. The van der Waals surface area contributed by atoms with Crippen LogP contribution in [0.2, 0.25) is 0 Å². The average molecular weight is 334 g/mol. The van der Waals surface area contributed by atoms with Crippen molar-refractivity contribution in [2.45, 2.75) is 12.3 Å². The minimum absolute atomic E-state index is 0.364. The first-order valence-electron chi connectivity index (χ1n) is 8.95. The van der Waals surface area contributed by atoms with E-state index < -0.39 is 0 Å². The number of rotatable bonds is 4. The topological polar surface area (TPSA) is 0 Å². The first kappa shape index (κ1) is 16.4. The normalized spacial score (nSPS) is 14.4. The zero-order valence-corrected chi connectivity index (χ0v) is 15.1. The Morgan fingerprint density at radius 2 is 1.31 bits per heavy atom. The van der Waals surface area contributed by atoms with Crippen molar-refractivity contribution >= 4 is 0 Å². The van der Waals surface area contributed by atoms with Crippen LogP contribution in [0.5, 0.6) is 0 Å². The second-order valence-electron chi connectivity index (χ2n) is 6.77. The van der Waals surface area contributed by atoms with Gasteiger partial charge in [0.25, 0.3) is 0 Å². The molecule has 0 atom stereocenters. The van der Waals surface area contributed by atoms with Crippen molar-refractivity contribution in [2.75, 3.05) is 0 Å². The zero-order chi connectivity index (χ0) is 18.1. The van der Waals surface area contributed by atoms with Gasteiger partial charge in [0, 0.05) is 0 Å². The highest BCUT2D eigenvalue weighted by Gasteiger charge is 2.46. The molecule has 0 saturated heterocycles. The highest BCUT2D eigenvalue weighted by Crippen LogP contribution is 2.56. The van der Waals surface area contributed by atoms with Gasteiger partial charge < -0.3 is 0 Å². The Kier molecular flexibility index (Phi) is 3.97. The Morgan fingerprint density at radius 3 is 1.81 bits per heavy atom. The van der Waals surface area contributed by atoms with E-state index >= 15 is 0 Å². The standard InChI is InChI=1S/C26H22/c1-4-10-20(5-2)26(21-17-15-19(3)16-18-21)24-13-8-6-11-22(24)23-12-7-9-14-25(23)26/h4-18H,1-2H2,3H3/b20-10+. The summed E-state index contributed by atoms with van der Waals surface area (Å²) in [5.41, 5.74) is 8.49. The number of hydrogen-bond acceptors (Lipinski definition) is 0. The van der Waals surface area contributed by atoms with Crippen molar-refractivity contribution in [3.63, 3.8) is 0 Å². The largest absolute Gasteiger partial charge is 0.0991 e. The van der Waals surface area contributed by atoms with E-state index in [4.69, 9.17) is 0 Å². The van der Waals surface area contributed by atoms with E-state index in [9.17, 15) is 0 Å². The Hall–Kier alpha value is -3.12. The van der Waals surface area contributed by atoms with E-state index in [1.807, 2.05) is 12.2 Å². The zero-order valence-electron chi connectivity index (χ0n) is 15.1. The molecular weight excluding hydrogens is 312 g/mol. The molecule has 0 N–H and O–H groups in total. The highest BCUT2D eigenvalue weighted by molar-refractivity contribution is 5.86. The van der Waals surface area contributed by atoms with Crippen LogP contribution in [0.3, 0.4) is 0 Å². The molecule has 0 amide bonds. The predicted molar refractivity (Wildman–Crippen MR) is 111 cm³/mol. The Labute approximate surface area is 155 Å². The maximum Gasteiger partial charge on any atom is 0.0713 e. The third-order valence-electron chi connectivity index (χ3n) is 5.39. The highest BCUT2D eigenvalue weighted by atomic mass is 14.5. The summed E-state index contributed by atoms with van der Waals surface area (Å²) in [5.74, 6) is 0. The molecule has 0 fully saturated rings. The van der Waals surface area contributed by atoms with Crippen LogP contribution in [0, 0.1) is 6.92 Å². The molecule has 3 aromatic carbocycles. The molecule has 0 aliphatic heterocycles. The van der Waals surface area contributed by atoms with E-state index in [1.165, 1.54) is 33.4 Å². The van der Waals surface area contributed by atoms with Gasteiger partial charge in [-0.1, -0.05) is 110 Å². The van der Waals surface area contributed by atoms with Crippen LogP contribution < -0.4 is 0 Å². The molecule has 0 saturated carbocycles. The Morgan fingerprint density at radius 1 is 0.769 bits per heavy atom. The summed E-state index contributed by atoms with van der Waals surface area (Å²) in [4.78, 5) is 0. The van der Waals surface area contributed by atoms with Gasteiger partial charge >= 0.3 is 0 Å². The molecule has 0 heteroatoms. The SMILES string of the molecule is C=C/C=C(\C=C)C1(c2ccc(C)cc2)c2ccccc2-c2ccccc21. The van der Waals surface area contributed by atoms with Crippen molar-refractivity contribution in [1.29, 1.82) is 0 Å². The van der Waals surface area contributed by atoms with Crippen molar-refractivity contribution in [1.82, 2.24) is 0 Å². The molecule has 0 nitrogen and oxygen atoms in total. The van der Waals surface area contributed by atoms with Gasteiger partial charge in [-0.3, -0.25) is 0 Å². The average Bonchev–Trinajstić information content (AvgIpc) is 2.98. The van der Waals surface area contributed by atoms with E-state index in [2.05, 4.69) is 99.0 Å². The fraction of sp³-hybridized carbons (Fsp3) is 0.0769. The Balaban J connectivity index is 2.19. The van der Waals surface area contributed by atoms with E-state index in [-0.39, 0.29) is 5.41 Å². The molecule has 3 aromatic rings. The molecule has 26 heavy (non-hydrogen) atoms. The van der Waals surface area contributed by atoms with Crippen LogP contribution in [0.15, 0.2) is 110 Å². The van der Waals surface area contributed by atoms with Gasteiger partial charge in [0.2, 0.25) is 0 Å². The van der Waals surface area contributed by atoms with Gasteiger partial charge in [0.05, 0.1) is 5.41 Å². The lowest BCUT2D eigenvalue weighted by molar-refractivity contribution is 0.767. The fourth-order valence-electron chi connectivity index (χ4n) is 4.30. The number of benzene rings is 3. The third kappa shape index (κ3) is 2.16. The van der Waals surface area contributed by atoms with Gasteiger partial charge in [-0.15, -0.1) is 0 Å². The molecule has 0 bridgehead atoms. The van der Waals surface area contributed by atoms with Crippen LogP contribution in [0.1, 0.15) is 22.3 Å². The minimum atomic E-state index is -0.364. The number of allylic oxidation sites excluding steroid dienone is 4. The molecule has 0 spiro atoms. The van der Waals surface area contributed by atoms with Gasteiger partial charge in [0.15, 0.2) is 0 Å². The minimum Gasteiger partial charge on any atom is -0.0991 e. The maximum atomic E-state index is 4.14. The van der Waals surface area contributed by atoms with Crippen LogP contribution in [-0.2, 0) is 5.41 Å². The monoisotopic (exact) mass is 334 g/mol. The lowest BCUT2D eigenvalue weighted by Crippen LogP contribution is -2.29. The predicted octanol–water partition coefficient (Wildman–Crippen LogP) is 6.61. The molecule has 1 aliphatic carbocycles. The van der Waals surface area contributed by atoms with Crippen molar-refractivity contribution in [3.8, 4) is 11.1 Å². The van der Waals surface area contributed by atoms with Gasteiger partial charge in [0.1, 0.15) is 0 Å². The summed E-state index contributed by atoms with van der Waals surface area (Å²) in [5, 5.41) is 0. The molecule has 126 valence electrons. The smallest absolute Gasteiger partial charge is 0.0713 e. The summed E-state index contributed by atoms with van der Waals surface area (Å²) in [6.07, 6.45) is 5.92. The van der Waals surface area contributed by atoms with E-state index in [0.29, 0.717) is 0 Å². The van der Waals surface area contributed by atoms with Gasteiger partial charge in [-0.05, 0) is 40.3 Å². The fourth-order valence-corrected chi connectivity index (χ4v) is 4.30.